The molecule has 0 bridgehead atoms. The monoisotopic (exact) mass is 317 g/mol. The van der Waals surface area contributed by atoms with Gasteiger partial charge in [0.15, 0.2) is 0 Å². The van der Waals surface area contributed by atoms with E-state index in [0.717, 1.165) is 15.4 Å². The highest BCUT2D eigenvalue weighted by Gasteiger charge is 2.13. The summed E-state index contributed by atoms with van der Waals surface area (Å²) in [5.74, 6) is 0.967. The van der Waals surface area contributed by atoms with Crippen LogP contribution in [0.25, 0.3) is 0 Å². The van der Waals surface area contributed by atoms with Crippen LogP contribution < -0.4 is 4.74 Å². The largest absolute Gasteiger partial charge is 0.487 e. The van der Waals surface area contributed by atoms with Crippen LogP contribution >= 0.6 is 22.6 Å². The lowest BCUT2D eigenvalue weighted by molar-refractivity contribution is 0.129. The minimum Gasteiger partial charge on any atom is -0.487 e. The molecule has 0 amide bonds. The molecule has 0 fully saturated rings. The summed E-state index contributed by atoms with van der Waals surface area (Å²) in [5.41, 5.74) is 1.10. The highest BCUT2D eigenvalue weighted by atomic mass is 127. The second-order valence-electron chi connectivity index (χ2n) is 4.16. The van der Waals surface area contributed by atoms with Gasteiger partial charge in [-0.2, -0.15) is 0 Å². The summed E-state index contributed by atoms with van der Waals surface area (Å²) in [6.07, 6.45) is 0. The van der Waals surface area contributed by atoms with E-state index in [2.05, 4.69) is 71.8 Å². The molecule has 0 saturated heterocycles. The first kappa shape index (κ1) is 12.0. The number of ether oxygens (including phenoxy) is 1. The van der Waals surface area contributed by atoms with Crippen molar-refractivity contribution in [3.8, 4) is 5.75 Å². The SMILES string of the molecule is CC(C)(C)Oc1cc(C[Si])ccc1I. The van der Waals surface area contributed by atoms with E-state index in [4.69, 9.17) is 4.74 Å². The highest BCUT2D eigenvalue weighted by Crippen LogP contribution is 2.26. The summed E-state index contributed by atoms with van der Waals surface area (Å²) < 4.78 is 7.00. The molecule has 0 aliphatic rings. The van der Waals surface area contributed by atoms with Gasteiger partial charge in [-0.1, -0.05) is 6.07 Å². The van der Waals surface area contributed by atoms with Crippen molar-refractivity contribution in [3.63, 3.8) is 0 Å². The maximum Gasteiger partial charge on any atom is 0.133 e. The van der Waals surface area contributed by atoms with Crippen LogP contribution in [0.2, 0.25) is 0 Å². The zero-order chi connectivity index (χ0) is 10.8. The van der Waals surface area contributed by atoms with E-state index in [1.165, 1.54) is 5.56 Å². The number of halogens is 1. The molecular weight excluding hydrogens is 303 g/mol. The van der Waals surface area contributed by atoms with Crippen LogP contribution in [0.1, 0.15) is 26.3 Å². The van der Waals surface area contributed by atoms with Crippen molar-refractivity contribution >= 4 is 32.8 Å². The molecule has 14 heavy (non-hydrogen) atoms. The van der Waals surface area contributed by atoms with Crippen LogP contribution in [0, 0.1) is 3.57 Å². The summed E-state index contributed by atoms with van der Waals surface area (Å²) in [6, 6.07) is 7.12. The van der Waals surface area contributed by atoms with Crippen LogP contribution in [0.5, 0.6) is 5.75 Å². The van der Waals surface area contributed by atoms with Gasteiger partial charge in [-0.3, -0.25) is 0 Å². The second-order valence-corrected chi connectivity index (χ2v) is 5.67. The van der Waals surface area contributed by atoms with Gasteiger partial charge in [0.25, 0.3) is 0 Å². The molecule has 0 heterocycles. The lowest BCUT2D eigenvalue weighted by atomic mass is 10.2. The third kappa shape index (κ3) is 3.61. The molecule has 1 rings (SSSR count). The molecule has 1 nitrogen and oxygen atoms in total. The second kappa shape index (κ2) is 4.66. The van der Waals surface area contributed by atoms with E-state index in [9.17, 15) is 0 Å². The number of hydrogen-bond donors (Lipinski definition) is 0. The number of benzene rings is 1. The van der Waals surface area contributed by atoms with Crippen LogP contribution in [-0.2, 0) is 6.04 Å². The van der Waals surface area contributed by atoms with Gasteiger partial charge in [0, 0.05) is 10.2 Å². The van der Waals surface area contributed by atoms with Gasteiger partial charge in [-0.05, 0) is 67.1 Å². The summed E-state index contributed by atoms with van der Waals surface area (Å²) >= 11 is 2.29. The summed E-state index contributed by atoms with van der Waals surface area (Å²) in [7, 11) is 3.49. The van der Waals surface area contributed by atoms with E-state index in [1.54, 1.807) is 0 Å². The van der Waals surface area contributed by atoms with E-state index in [1.807, 2.05) is 0 Å². The van der Waals surface area contributed by atoms with Crippen molar-refractivity contribution in [3.05, 3.63) is 27.3 Å². The lowest BCUT2D eigenvalue weighted by Gasteiger charge is -2.22. The molecule has 75 valence electrons. The molecule has 0 atom stereocenters. The van der Waals surface area contributed by atoms with Crippen LogP contribution in [0.3, 0.4) is 0 Å². The average Bonchev–Trinajstić information content (AvgIpc) is 2.06. The van der Waals surface area contributed by atoms with Crippen molar-refractivity contribution in [2.24, 2.45) is 0 Å². The third-order valence-corrected chi connectivity index (χ3v) is 2.92. The minimum absolute atomic E-state index is 0.135. The molecular formula is C11H14IOSi. The fourth-order valence-electron chi connectivity index (χ4n) is 1.07. The Morgan fingerprint density at radius 2 is 2.00 bits per heavy atom. The van der Waals surface area contributed by atoms with Gasteiger partial charge < -0.3 is 4.74 Å². The summed E-state index contributed by atoms with van der Waals surface area (Å²) in [4.78, 5) is 0. The maximum atomic E-state index is 5.85. The van der Waals surface area contributed by atoms with Gasteiger partial charge >= 0.3 is 0 Å². The molecule has 0 aliphatic carbocycles. The lowest BCUT2D eigenvalue weighted by Crippen LogP contribution is -2.23. The fraction of sp³-hybridized carbons (Fsp3) is 0.455. The van der Waals surface area contributed by atoms with Gasteiger partial charge in [-0.15, -0.1) is 0 Å². The van der Waals surface area contributed by atoms with E-state index in [-0.39, 0.29) is 5.60 Å². The predicted molar refractivity (Wildman–Crippen MR) is 69.0 cm³/mol. The van der Waals surface area contributed by atoms with Gasteiger partial charge in [0.1, 0.15) is 11.4 Å². The Morgan fingerprint density at radius 3 is 2.50 bits per heavy atom. The number of rotatable bonds is 2. The Morgan fingerprint density at radius 1 is 1.36 bits per heavy atom. The summed E-state index contributed by atoms with van der Waals surface area (Å²) in [6.45, 7) is 6.18. The molecule has 1 aromatic rings. The topological polar surface area (TPSA) is 9.23 Å². The zero-order valence-corrected chi connectivity index (χ0v) is 11.9. The summed E-state index contributed by atoms with van der Waals surface area (Å²) in [5, 5.41) is 0. The molecule has 0 aromatic heterocycles. The van der Waals surface area contributed by atoms with Gasteiger partial charge in [0.05, 0.1) is 3.57 Å². The fourth-order valence-corrected chi connectivity index (χ4v) is 1.73. The number of hydrogen-bond acceptors (Lipinski definition) is 1. The smallest absolute Gasteiger partial charge is 0.133 e. The van der Waals surface area contributed by atoms with Gasteiger partial charge in [-0.25, -0.2) is 0 Å². The highest BCUT2D eigenvalue weighted by molar-refractivity contribution is 14.1. The molecule has 0 saturated carbocycles. The van der Waals surface area contributed by atoms with Crippen molar-refractivity contribution in [2.75, 3.05) is 0 Å². The van der Waals surface area contributed by atoms with Crippen LogP contribution in [0.15, 0.2) is 18.2 Å². The molecule has 0 aliphatic heterocycles. The van der Waals surface area contributed by atoms with Crippen molar-refractivity contribution in [1.29, 1.82) is 0 Å². The third-order valence-electron chi connectivity index (χ3n) is 1.62. The first-order chi connectivity index (χ1) is 6.42. The van der Waals surface area contributed by atoms with Gasteiger partial charge in [0.2, 0.25) is 0 Å². The van der Waals surface area contributed by atoms with Crippen molar-refractivity contribution < 1.29 is 4.74 Å². The Bertz CT molecular complexity index is 318. The molecule has 0 N–H and O–H groups in total. The van der Waals surface area contributed by atoms with Crippen LogP contribution in [0.4, 0.5) is 0 Å². The predicted octanol–water partition coefficient (Wildman–Crippen LogP) is 3.14. The standard InChI is InChI=1S/C11H14IOSi/c1-11(2,3)13-10-6-8(7-14)4-5-9(10)12/h4-6H,7H2,1-3H3. The van der Waals surface area contributed by atoms with Crippen LogP contribution in [-0.4, -0.2) is 15.8 Å². The average molecular weight is 317 g/mol. The molecule has 1 aromatic carbocycles. The van der Waals surface area contributed by atoms with E-state index >= 15 is 0 Å². The molecule has 3 radical (unpaired) electrons. The van der Waals surface area contributed by atoms with E-state index in [0.29, 0.717) is 0 Å². The quantitative estimate of drug-likeness (QED) is 0.601. The normalized spacial score (nSPS) is 11.5. The maximum absolute atomic E-state index is 5.85. The Labute approximate surface area is 103 Å². The van der Waals surface area contributed by atoms with E-state index < -0.39 is 0 Å². The molecule has 0 unspecified atom stereocenters. The van der Waals surface area contributed by atoms with Crippen molar-refractivity contribution in [1.82, 2.24) is 0 Å². The first-order valence-corrected chi connectivity index (χ1v) is 6.33. The van der Waals surface area contributed by atoms with Crippen molar-refractivity contribution in [2.45, 2.75) is 32.4 Å². The Balaban J connectivity index is 2.95. The first-order valence-electron chi connectivity index (χ1n) is 4.54. The Kier molecular flexibility index (Phi) is 4.01. The molecule has 3 heteroatoms. The minimum atomic E-state index is -0.135. The Hall–Kier alpha value is -0.0331. The molecule has 0 spiro atoms. The zero-order valence-electron chi connectivity index (χ0n) is 8.73.